The van der Waals surface area contributed by atoms with E-state index in [-0.39, 0.29) is 0 Å². The number of rotatable bonds is 3. The highest BCUT2D eigenvalue weighted by molar-refractivity contribution is 5.18. The smallest absolute Gasteiger partial charge is 0.159 e. The molecule has 0 fully saturated rings. The maximum Gasteiger partial charge on any atom is 0.159 e. The van der Waals surface area contributed by atoms with Gasteiger partial charge in [-0.15, -0.1) is 0 Å². The summed E-state index contributed by atoms with van der Waals surface area (Å²) in [6, 6.07) is 3.68. The maximum absolute atomic E-state index is 12.7. The van der Waals surface area contributed by atoms with Crippen molar-refractivity contribution >= 4 is 0 Å². The standard InChI is InChI=1S/C10H12F2O/c1-2-8(13)5-7-3-4-9(11)10(12)6-7/h3-4,6,8,13H,2,5H2,1H3/t8-/m0/s1. The van der Waals surface area contributed by atoms with Gasteiger partial charge in [-0.25, -0.2) is 8.78 Å². The molecule has 1 nitrogen and oxygen atoms in total. The summed E-state index contributed by atoms with van der Waals surface area (Å²) < 4.78 is 25.2. The lowest BCUT2D eigenvalue weighted by Crippen LogP contribution is -2.08. The van der Waals surface area contributed by atoms with Gasteiger partial charge in [0.05, 0.1) is 6.10 Å². The average Bonchev–Trinajstić information content (AvgIpc) is 2.11. The summed E-state index contributed by atoms with van der Waals surface area (Å²) >= 11 is 0. The highest BCUT2D eigenvalue weighted by Crippen LogP contribution is 2.11. The van der Waals surface area contributed by atoms with Gasteiger partial charge in [0.2, 0.25) is 0 Å². The Labute approximate surface area is 76.0 Å². The van der Waals surface area contributed by atoms with Crippen molar-refractivity contribution < 1.29 is 13.9 Å². The van der Waals surface area contributed by atoms with Crippen LogP contribution in [0.25, 0.3) is 0 Å². The van der Waals surface area contributed by atoms with Gasteiger partial charge in [-0.1, -0.05) is 13.0 Å². The van der Waals surface area contributed by atoms with E-state index >= 15 is 0 Å². The Kier molecular flexibility index (Phi) is 3.37. The Balaban J connectivity index is 2.73. The van der Waals surface area contributed by atoms with Crippen LogP contribution < -0.4 is 0 Å². The summed E-state index contributed by atoms with van der Waals surface area (Å²) in [4.78, 5) is 0. The molecule has 0 saturated heterocycles. The highest BCUT2D eigenvalue weighted by Gasteiger charge is 2.06. The summed E-state index contributed by atoms with van der Waals surface area (Å²) in [5.74, 6) is -1.71. The minimum Gasteiger partial charge on any atom is -0.393 e. The Morgan fingerprint density at radius 3 is 2.54 bits per heavy atom. The molecule has 1 N–H and O–H groups in total. The first-order valence-electron chi connectivity index (χ1n) is 4.25. The fourth-order valence-corrected chi connectivity index (χ4v) is 1.08. The molecule has 0 bridgehead atoms. The van der Waals surface area contributed by atoms with Crippen LogP contribution in [-0.4, -0.2) is 11.2 Å². The highest BCUT2D eigenvalue weighted by atomic mass is 19.2. The molecule has 1 aromatic carbocycles. The van der Waals surface area contributed by atoms with Gasteiger partial charge in [-0.3, -0.25) is 0 Å². The second-order valence-electron chi connectivity index (χ2n) is 3.01. The van der Waals surface area contributed by atoms with E-state index in [4.69, 9.17) is 0 Å². The van der Waals surface area contributed by atoms with Crippen LogP contribution in [0.3, 0.4) is 0 Å². The lowest BCUT2D eigenvalue weighted by atomic mass is 10.1. The third-order valence-electron chi connectivity index (χ3n) is 1.93. The van der Waals surface area contributed by atoms with E-state index in [0.717, 1.165) is 12.1 Å². The number of aliphatic hydroxyl groups is 1. The van der Waals surface area contributed by atoms with Crippen LogP contribution in [0.4, 0.5) is 8.78 Å². The van der Waals surface area contributed by atoms with E-state index in [9.17, 15) is 13.9 Å². The average molecular weight is 186 g/mol. The molecule has 0 unspecified atom stereocenters. The quantitative estimate of drug-likeness (QED) is 0.767. The molecule has 0 heterocycles. The second-order valence-corrected chi connectivity index (χ2v) is 3.01. The summed E-state index contributed by atoms with van der Waals surface area (Å²) in [5.41, 5.74) is 0.619. The molecule has 1 rings (SSSR count). The molecule has 0 spiro atoms. The van der Waals surface area contributed by atoms with E-state index in [1.807, 2.05) is 6.92 Å². The number of halogens is 2. The topological polar surface area (TPSA) is 20.2 Å². The van der Waals surface area contributed by atoms with Crippen LogP contribution in [0.1, 0.15) is 18.9 Å². The normalized spacial score (nSPS) is 12.9. The predicted octanol–water partition coefficient (Wildman–Crippen LogP) is 2.28. The Morgan fingerprint density at radius 2 is 2.00 bits per heavy atom. The van der Waals surface area contributed by atoms with Crippen LogP contribution >= 0.6 is 0 Å². The minimum atomic E-state index is -0.860. The minimum absolute atomic E-state index is 0.369. The summed E-state index contributed by atoms with van der Waals surface area (Å²) in [6.45, 7) is 1.84. The van der Waals surface area contributed by atoms with E-state index in [1.54, 1.807) is 0 Å². The molecular weight excluding hydrogens is 174 g/mol. The first kappa shape index (κ1) is 10.1. The fourth-order valence-electron chi connectivity index (χ4n) is 1.08. The zero-order chi connectivity index (χ0) is 9.84. The summed E-state index contributed by atoms with van der Waals surface area (Å²) in [7, 11) is 0. The molecule has 0 aromatic heterocycles. The molecule has 0 radical (unpaired) electrons. The molecule has 0 saturated carbocycles. The van der Waals surface area contributed by atoms with Crippen LogP contribution in [0, 0.1) is 11.6 Å². The van der Waals surface area contributed by atoms with Crippen molar-refractivity contribution in [3.05, 3.63) is 35.4 Å². The number of hydrogen-bond acceptors (Lipinski definition) is 1. The number of hydrogen-bond donors (Lipinski definition) is 1. The van der Waals surface area contributed by atoms with Gasteiger partial charge in [-0.05, 0) is 30.5 Å². The van der Waals surface area contributed by atoms with E-state index in [1.165, 1.54) is 6.07 Å². The summed E-state index contributed by atoms with van der Waals surface area (Å²) in [6.07, 6.45) is 0.497. The van der Waals surface area contributed by atoms with Crippen LogP contribution in [0.2, 0.25) is 0 Å². The van der Waals surface area contributed by atoms with Crippen LogP contribution in [0.5, 0.6) is 0 Å². The predicted molar refractivity (Wildman–Crippen MR) is 46.4 cm³/mol. The van der Waals surface area contributed by atoms with Gasteiger partial charge < -0.3 is 5.11 Å². The SMILES string of the molecule is CC[C@H](O)Cc1ccc(F)c(F)c1. The van der Waals surface area contributed by atoms with E-state index in [2.05, 4.69) is 0 Å². The molecule has 0 aliphatic rings. The van der Waals surface area contributed by atoms with Crippen molar-refractivity contribution in [1.29, 1.82) is 0 Å². The molecular formula is C10H12F2O. The Bertz CT molecular complexity index is 286. The summed E-state index contributed by atoms with van der Waals surface area (Å²) in [5, 5.41) is 9.26. The van der Waals surface area contributed by atoms with Crippen molar-refractivity contribution in [3.8, 4) is 0 Å². The van der Waals surface area contributed by atoms with Crippen molar-refractivity contribution in [1.82, 2.24) is 0 Å². The molecule has 72 valence electrons. The van der Waals surface area contributed by atoms with Gasteiger partial charge in [0.15, 0.2) is 11.6 Å². The van der Waals surface area contributed by atoms with Crippen molar-refractivity contribution in [2.75, 3.05) is 0 Å². The zero-order valence-corrected chi connectivity index (χ0v) is 7.43. The molecule has 3 heteroatoms. The molecule has 0 aliphatic carbocycles. The van der Waals surface area contributed by atoms with E-state index < -0.39 is 17.7 Å². The molecule has 1 atom stereocenters. The second kappa shape index (κ2) is 4.33. The van der Waals surface area contributed by atoms with Crippen LogP contribution in [-0.2, 0) is 6.42 Å². The Morgan fingerprint density at radius 1 is 1.31 bits per heavy atom. The lowest BCUT2D eigenvalue weighted by Gasteiger charge is -2.07. The third-order valence-corrected chi connectivity index (χ3v) is 1.93. The molecule has 0 amide bonds. The van der Waals surface area contributed by atoms with Crippen molar-refractivity contribution in [3.63, 3.8) is 0 Å². The van der Waals surface area contributed by atoms with Gasteiger partial charge in [0, 0.05) is 0 Å². The maximum atomic E-state index is 12.7. The van der Waals surface area contributed by atoms with Crippen molar-refractivity contribution in [2.24, 2.45) is 0 Å². The van der Waals surface area contributed by atoms with Crippen LogP contribution in [0.15, 0.2) is 18.2 Å². The first-order chi connectivity index (χ1) is 6.13. The number of aliphatic hydroxyl groups excluding tert-OH is 1. The largest absolute Gasteiger partial charge is 0.393 e. The fraction of sp³-hybridized carbons (Fsp3) is 0.400. The molecule has 13 heavy (non-hydrogen) atoms. The van der Waals surface area contributed by atoms with Gasteiger partial charge in [0.1, 0.15) is 0 Å². The van der Waals surface area contributed by atoms with Gasteiger partial charge in [-0.2, -0.15) is 0 Å². The molecule has 1 aromatic rings. The van der Waals surface area contributed by atoms with E-state index in [0.29, 0.717) is 18.4 Å². The zero-order valence-electron chi connectivity index (χ0n) is 7.43. The molecule has 0 aliphatic heterocycles. The van der Waals surface area contributed by atoms with Gasteiger partial charge >= 0.3 is 0 Å². The monoisotopic (exact) mass is 186 g/mol. The first-order valence-corrected chi connectivity index (χ1v) is 4.25. The van der Waals surface area contributed by atoms with Crippen molar-refractivity contribution in [2.45, 2.75) is 25.9 Å². The third kappa shape index (κ3) is 2.77. The lowest BCUT2D eigenvalue weighted by molar-refractivity contribution is 0.170. The number of benzene rings is 1. The Hall–Kier alpha value is -0.960. The van der Waals surface area contributed by atoms with Gasteiger partial charge in [0.25, 0.3) is 0 Å².